The minimum Gasteiger partial charge on any atom is -0.399 e. The SMILES string of the molecule is CCNC(=O)c1noc(-c2cccc(N)c2)n1. The lowest BCUT2D eigenvalue weighted by atomic mass is 10.2. The summed E-state index contributed by atoms with van der Waals surface area (Å²) in [6, 6.07) is 7.02. The Bertz CT molecular complexity index is 536. The molecule has 2 aromatic rings. The smallest absolute Gasteiger partial charge is 0.292 e. The molecule has 1 aromatic carbocycles. The lowest BCUT2D eigenvalue weighted by molar-refractivity contribution is 0.0942. The van der Waals surface area contributed by atoms with E-state index in [9.17, 15) is 4.79 Å². The molecule has 0 atom stereocenters. The number of carbonyl (C=O) groups excluding carboxylic acids is 1. The van der Waals surface area contributed by atoms with Crippen molar-refractivity contribution >= 4 is 11.6 Å². The van der Waals surface area contributed by atoms with Crippen LogP contribution in [0.3, 0.4) is 0 Å². The fraction of sp³-hybridized carbons (Fsp3) is 0.182. The summed E-state index contributed by atoms with van der Waals surface area (Å²) in [5, 5.41) is 6.19. The number of amides is 1. The zero-order valence-electron chi connectivity index (χ0n) is 9.30. The van der Waals surface area contributed by atoms with Gasteiger partial charge in [0, 0.05) is 17.8 Å². The van der Waals surface area contributed by atoms with Crippen molar-refractivity contribution in [3.63, 3.8) is 0 Å². The highest BCUT2D eigenvalue weighted by molar-refractivity contribution is 5.90. The van der Waals surface area contributed by atoms with Gasteiger partial charge in [-0.05, 0) is 25.1 Å². The highest BCUT2D eigenvalue weighted by Gasteiger charge is 2.14. The van der Waals surface area contributed by atoms with Gasteiger partial charge in [0.1, 0.15) is 0 Å². The second-order valence-electron chi connectivity index (χ2n) is 3.41. The Morgan fingerprint density at radius 2 is 2.35 bits per heavy atom. The van der Waals surface area contributed by atoms with Crippen LogP contribution in [0.5, 0.6) is 0 Å². The molecule has 88 valence electrons. The van der Waals surface area contributed by atoms with Crippen LogP contribution in [0.4, 0.5) is 5.69 Å². The normalized spacial score (nSPS) is 10.2. The molecule has 0 unspecified atom stereocenters. The summed E-state index contributed by atoms with van der Waals surface area (Å²) in [5.41, 5.74) is 6.93. The summed E-state index contributed by atoms with van der Waals surface area (Å²) in [5.74, 6) is -0.0609. The van der Waals surface area contributed by atoms with Gasteiger partial charge in [-0.1, -0.05) is 11.2 Å². The van der Waals surface area contributed by atoms with E-state index >= 15 is 0 Å². The molecule has 17 heavy (non-hydrogen) atoms. The third-order valence-electron chi connectivity index (χ3n) is 2.10. The molecule has 1 amide bonds. The Morgan fingerprint density at radius 1 is 1.53 bits per heavy atom. The quantitative estimate of drug-likeness (QED) is 0.772. The van der Waals surface area contributed by atoms with Gasteiger partial charge in [0.05, 0.1) is 0 Å². The van der Waals surface area contributed by atoms with Gasteiger partial charge in [-0.3, -0.25) is 4.79 Å². The zero-order valence-corrected chi connectivity index (χ0v) is 9.30. The first-order chi connectivity index (χ1) is 8.20. The first-order valence-electron chi connectivity index (χ1n) is 5.18. The van der Waals surface area contributed by atoms with E-state index in [4.69, 9.17) is 10.3 Å². The summed E-state index contributed by atoms with van der Waals surface area (Å²) in [6.45, 7) is 2.33. The van der Waals surface area contributed by atoms with E-state index in [2.05, 4.69) is 15.5 Å². The number of hydrogen-bond acceptors (Lipinski definition) is 5. The van der Waals surface area contributed by atoms with E-state index in [1.807, 2.05) is 6.92 Å². The molecular formula is C11H12N4O2. The van der Waals surface area contributed by atoms with Crippen LogP contribution in [-0.4, -0.2) is 22.6 Å². The molecule has 1 aromatic heterocycles. The summed E-state index contributed by atoms with van der Waals surface area (Å²) in [6.07, 6.45) is 0. The fourth-order valence-electron chi connectivity index (χ4n) is 1.34. The maximum absolute atomic E-state index is 11.4. The largest absolute Gasteiger partial charge is 0.399 e. The van der Waals surface area contributed by atoms with E-state index in [1.54, 1.807) is 24.3 Å². The average Bonchev–Trinajstić information content (AvgIpc) is 2.78. The third-order valence-corrected chi connectivity index (χ3v) is 2.10. The van der Waals surface area contributed by atoms with Crippen molar-refractivity contribution in [3.8, 4) is 11.5 Å². The van der Waals surface area contributed by atoms with Crippen LogP contribution in [0.1, 0.15) is 17.5 Å². The van der Waals surface area contributed by atoms with Crippen molar-refractivity contribution in [2.75, 3.05) is 12.3 Å². The topological polar surface area (TPSA) is 94.0 Å². The molecule has 0 radical (unpaired) electrons. The second kappa shape index (κ2) is 4.65. The molecule has 0 fully saturated rings. The number of aromatic nitrogens is 2. The monoisotopic (exact) mass is 232 g/mol. The first-order valence-corrected chi connectivity index (χ1v) is 5.18. The van der Waals surface area contributed by atoms with Crippen molar-refractivity contribution in [1.29, 1.82) is 0 Å². The van der Waals surface area contributed by atoms with E-state index in [-0.39, 0.29) is 17.6 Å². The van der Waals surface area contributed by atoms with Gasteiger partial charge >= 0.3 is 0 Å². The molecule has 0 aliphatic carbocycles. The van der Waals surface area contributed by atoms with E-state index in [0.717, 1.165) is 0 Å². The van der Waals surface area contributed by atoms with Crippen molar-refractivity contribution < 1.29 is 9.32 Å². The summed E-state index contributed by atoms with van der Waals surface area (Å²) in [7, 11) is 0. The predicted molar refractivity (Wildman–Crippen MR) is 62.2 cm³/mol. The minimum absolute atomic E-state index is 0.0178. The van der Waals surface area contributed by atoms with Gasteiger partial charge in [0.15, 0.2) is 0 Å². The van der Waals surface area contributed by atoms with Gasteiger partial charge in [-0.15, -0.1) is 0 Å². The number of hydrogen-bond donors (Lipinski definition) is 2. The Kier molecular flexibility index (Phi) is 3.04. The maximum Gasteiger partial charge on any atom is 0.292 e. The number of benzene rings is 1. The number of nitrogens with two attached hydrogens (primary N) is 1. The maximum atomic E-state index is 11.4. The zero-order chi connectivity index (χ0) is 12.3. The number of carbonyl (C=O) groups is 1. The lowest BCUT2D eigenvalue weighted by Gasteiger charge is -1.95. The molecule has 3 N–H and O–H groups in total. The van der Waals surface area contributed by atoms with Crippen molar-refractivity contribution in [3.05, 3.63) is 30.1 Å². The van der Waals surface area contributed by atoms with Crippen molar-refractivity contribution in [2.45, 2.75) is 6.92 Å². The van der Waals surface area contributed by atoms with Crippen molar-refractivity contribution in [2.24, 2.45) is 0 Å². The number of nitrogens with one attached hydrogen (secondary N) is 1. The third kappa shape index (κ3) is 2.41. The summed E-state index contributed by atoms with van der Waals surface area (Å²) < 4.78 is 5.00. The Balaban J connectivity index is 2.27. The molecule has 0 spiro atoms. The van der Waals surface area contributed by atoms with E-state index < -0.39 is 0 Å². The molecule has 6 nitrogen and oxygen atoms in total. The van der Waals surface area contributed by atoms with Crippen LogP contribution < -0.4 is 11.1 Å². The lowest BCUT2D eigenvalue weighted by Crippen LogP contribution is -2.23. The average molecular weight is 232 g/mol. The van der Waals surface area contributed by atoms with Crippen LogP contribution in [0.2, 0.25) is 0 Å². The van der Waals surface area contributed by atoms with Gasteiger partial charge in [-0.25, -0.2) is 0 Å². The van der Waals surface area contributed by atoms with E-state index in [1.165, 1.54) is 0 Å². The highest BCUT2D eigenvalue weighted by Crippen LogP contribution is 2.19. The number of nitrogen functional groups attached to an aromatic ring is 1. The second-order valence-corrected chi connectivity index (χ2v) is 3.41. The molecular weight excluding hydrogens is 220 g/mol. The number of anilines is 1. The molecule has 1 heterocycles. The van der Waals surface area contributed by atoms with E-state index in [0.29, 0.717) is 17.8 Å². The molecule has 0 saturated heterocycles. The number of nitrogens with zero attached hydrogens (tertiary/aromatic N) is 2. The van der Waals surface area contributed by atoms with Crippen LogP contribution in [0.15, 0.2) is 28.8 Å². The molecule has 0 saturated carbocycles. The van der Waals surface area contributed by atoms with Crippen LogP contribution >= 0.6 is 0 Å². The van der Waals surface area contributed by atoms with Crippen LogP contribution in [0, 0.1) is 0 Å². The molecule has 0 aliphatic heterocycles. The summed E-state index contributed by atoms with van der Waals surface area (Å²) in [4.78, 5) is 15.4. The molecule has 0 bridgehead atoms. The Labute approximate surface area is 97.8 Å². The summed E-state index contributed by atoms with van der Waals surface area (Å²) >= 11 is 0. The van der Waals surface area contributed by atoms with Gasteiger partial charge in [0.25, 0.3) is 17.6 Å². The standard InChI is InChI=1S/C11H12N4O2/c1-2-13-10(16)9-14-11(17-15-9)7-4-3-5-8(12)6-7/h3-6H,2,12H2,1H3,(H,13,16). The number of rotatable bonds is 3. The Morgan fingerprint density at radius 3 is 3.06 bits per heavy atom. The predicted octanol–water partition coefficient (Wildman–Crippen LogP) is 1.07. The fourth-order valence-corrected chi connectivity index (χ4v) is 1.34. The molecule has 6 heteroatoms. The molecule has 0 aliphatic rings. The Hall–Kier alpha value is -2.37. The van der Waals surface area contributed by atoms with Gasteiger partial charge in [0.2, 0.25) is 0 Å². The highest BCUT2D eigenvalue weighted by atomic mass is 16.5. The first kappa shape index (κ1) is 11.1. The van der Waals surface area contributed by atoms with Crippen LogP contribution in [0.25, 0.3) is 11.5 Å². The van der Waals surface area contributed by atoms with Crippen LogP contribution in [-0.2, 0) is 0 Å². The van der Waals surface area contributed by atoms with Crippen molar-refractivity contribution in [1.82, 2.24) is 15.5 Å². The minimum atomic E-state index is -0.355. The molecule has 2 rings (SSSR count). The van der Waals surface area contributed by atoms with Gasteiger partial charge < -0.3 is 15.6 Å². The van der Waals surface area contributed by atoms with Gasteiger partial charge in [-0.2, -0.15) is 4.98 Å².